The highest BCUT2D eigenvalue weighted by Crippen LogP contribution is 2.12. The van der Waals surface area contributed by atoms with Gasteiger partial charge < -0.3 is 4.42 Å². The molecule has 0 saturated heterocycles. The number of nitrogens with one attached hydrogen (secondary N) is 1. The van der Waals surface area contributed by atoms with Crippen molar-refractivity contribution in [2.75, 3.05) is 5.32 Å². The number of aromatic nitrogens is 1. The molecule has 0 atom stereocenters. The zero-order chi connectivity index (χ0) is 12.1. The Kier molecular flexibility index (Phi) is 3.35. The normalized spacial score (nSPS) is 10.6. The summed E-state index contributed by atoms with van der Waals surface area (Å²) in [5.74, 6) is 0.627. The molecule has 2 aromatic rings. The number of hydrogen-bond donors (Lipinski definition) is 1. The second-order valence-corrected chi connectivity index (χ2v) is 3.49. The van der Waals surface area contributed by atoms with Gasteiger partial charge in [0.1, 0.15) is 0 Å². The van der Waals surface area contributed by atoms with E-state index in [9.17, 15) is 4.79 Å². The molecule has 0 bridgehead atoms. The first kappa shape index (κ1) is 11.1. The van der Waals surface area contributed by atoms with E-state index in [1.807, 2.05) is 36.4 Å². The molecule has 1 aromatic heterocycles. The molecule has 4 nitrogen and oxygen atoms in total. The van der Waals surface area contributed by atoms with Crippen molar-refractivity contribution in [1.82, 2.24) is 4.98 Å². The number of anilines is 1. The molecule has 0 spiro atoms. The van der Waals surface area contributed by atoms with Gasteiger partial charge in [-0.05, 0) is 11.6 Å². The lowest BCUT2D eigenvalue weighted by Gasteiger charge is -1.92. The standard InChI is InChI=1S/C13H12N2O2/c1-10(16)15-13-9-14-12(17-13)8-7-11-5-3-2-4-6-11/h2-9H,1H3,(H,15,16)/b8-7+. The summed E-state index contributed by atoms with van der Waals surface area (Å²) in [6.07, 6.45) is 5.12. The highest BCUT2D eigenvalue weighted by Gasteiger charge is 2.01. The van der Waals surface area contributed by atoms with E-state index in [0.29, 0.717) is 11.8 Å². The number of rotatable bonds is 3. The Morgan fingerprint density at radius 3 is 2.76 bits per heavy atom. The molecule has 0 unspecified atom stereocenters. The van der Waals surface area contributed by atoms with Crippen LogP contribution in [-0.4, -0.2) is 10.9 Å². The molecule has 1 heterocycles. The first-order valence-electron chi connectivity index (χ1n) is 5.20. The van der Waals surface area contributed by atoms with Crippen molar-refractivity contribution in [3.05, 3.63) is 48.0 Å². The highest BCUT2D eigenvalue weighted by atomic mass is 16.4. The smallest absolute Gasteiger partial charge is 0.223 e. The van der Waals surface area contributed by atoms with E-state index >= 15 is 0 Å². The van der Waals surface area contributed by atoms with Gasteiger partial charge in [-0.1, -0.05) is 30.3 Å². The largest absolute Gasteiger partial charge is 0.421 e. The molecule has 0 aliphatic heterocycles. The minimum Gasteiger partial charge on any atom is -0.421 e. The first-order chi connectivity index (χ1) is 8.24. The average Bonchev–Trinajstić information content (AvgIpc) is 2.75. The molecule has 4 heteroatoms. The molecule has 0 saturated carbocycles. The molecular weight excluding hydrogens is 216 g/mol. The maximum absolute atomic E-state index is 10.8. The van der Waals surface area contributed by atoms with Crippen LogP contribution in [0.5, 0.6) is 0 Å². The molecule has 86 valence electrons. The van der Waals surface area contributed by atoms with Crippen molar-refractivity contribution < 1.29 is 9.21 Å². The van der Waals surface area contributed by atoms with Gasteiger partial charge in [0.2, 0.25) is 17.7 Å². The second-order valence-electron chi connectivity index (χ2n) is 3.49. The van der Waals surface area contributed by atoms with E-state index in [-0.39, 0.29) is 5.91 Å². The van der Waals surface area contributed by atoms with Gasteiger partial charge in [0, 0.05) is 13.0 Å². The third-order valence-electron chi connectivity index (χ3n) is 2.04. The maximum Gasteiger partial charge on any atom is 0.223 e. The number of nitrogens with zero attached hydrogens (tertiary/aromatic N) is 1. The van der Waals surface area contributed by atoms with E-state index < -0.39 is 0 Å². The minimum absolute atomic E-state index is 0.181. The van der Waals surface area contributed by atoms with Crippen LogP contribution in [0.15, 0.2) is 40.9 Å². The molecular formula is C13H12N2O2. The Balaban J connectivity index is 2.06. The SMILES string of the molecule is CC(=O)Nc1cnc(/C=C/c2ccccc2)o1. The van der Waals surface area contributed by atoms with Gasteiger partial charge in [0.25, 0.3) is 0 Å². The van der Waals surface area contributed by atoms with E-state index in [1.54, 1.807) is 6.08 Å². The Labute approximate surface area is 99.0 Å². The number of benzene rings is 1. The Bertz CT molecular complexity index is 529. The summed E-state index contributed by atoms with van der Waals surface area (Å²) >= 11 is 0. The second kappa shape index (κ2) is 5.12. The molecule has 0 fully saturated rings. The van der Waals surface area contributed by atoms with Crippen molar-refractivity contribution in [2.45, 2.75) is 6.92 Å². The van der Waals surface area contributed by atoms with Crippen molar-refractivity contribution in [2.24, 2.45) is 0 Å². The zero-order valence-corrected chi connectivity index (χ0v) is 9.38. The summed E-state index contributed by atoms with van der Waals surface area (Å²) in [7, 11) is 0. The number of amides is 1. The lowest BCUT2D eigenvalue weighted by molar-refractivity contribution is -0.114. The number of hydrogen-bond acceptors (Lipinski definition) is 3. The van der Waals surface area contributed by atoms with E-state index in [4.69, 9.17) is 4.42 Å². The van der Waals surface area contributed by atoms with Gasteiger partial charge in [-0.15, -0.1) is 0 Å². The minimum atomic E-state index is -0.181. The Morgan fingerprint density at radius 2 is 2.06 bits per heavy atom. The summed E-state index contributed by atoms with van der Waals surface area (Å²) < 4.78 is 5.29. The van der Waals surface area contributed by atoms with Gasteiger partial charge in [-0.25, -0.2) is 4.98 Å². The number of carbonyl (C=O) groups excluding carboxylic acids is 1. The molecule has 0 aliphatic rings. The van der Waals surface area contributed by atoms with Crippen LogP contribution in [0.3, 0.4) is 0 Å². The van der Waals surface area contributed by atoms with Gasteiger partial charge in [-0.3, -0.25) is 10.1 Å². The van der Waals surface area contributed by atoms with Crippen LogP contribution in [0.25, 0.3) is 12.2 Å². The maximum atomic E-state index is 10.8. The van der Waals surface area contributed by atoms with E-state index in [1.165, 1.54) is 13.1 Å². The summed E-state index contributed by atoms with van der Waals surface area (Å²) in [6, 6.07) is 9.83. The van der Waals surface area contributed by atoms with Crippen LogP contribution in [0.2, 0.25) is 0 Å². The number of carbonyl (C=O) groups is 1. The predicted octanol–water partition coefficient (Wildman–Crippen LogP) is 2.80. The monoisotopic (exact) mass is 228 g/mol. The molecule has 1 aromatic carbocycles. The van der Waals surface area contributed by atoms with Crippen LogP contribution in [0.4, 0.5) is 5.88 Å². The fourth-order valence-corrected chi connectivity index (χ4v) is 1.33. The lowest BCUT2D eigenvalue weighted by atomic mass is 10.2. The average molecular weight is 228 g/mol. The van der Waals surface area contributed by atoms with Crippen LogP contribution in [0, 0.1) is 0 Å². The van der Waals surface area contributed by atoms with Crippen molar-refractivity contribution in [3.8, 4) is 0 Å². The Hall–Kier alpha value is -2.36. The summed E-state index contributed by atoms with van der Waals surface area (Å²) in [5.41, 5.74) is 1.06. The molecule has 1 N–H and O–H groups in total. The molecule has 2 rings (SSSR count). The summed E-state index contributed by atoms with van der Waals surface area (Å²) in [5, 5.41) is 2.52. The van der Waals surface area contributed by atoms with Crippen LogP contribution in [0.1, 0.15) is 18.4 Å². The van der Waals surface area contributed by atoms with Gasteiger partial charge in [-0.2, -0.15) is 0 Å². The summed E-state index contributed by atoms with van der Waals surface area (Å²) in [6.45, 7) is 1.42. The topological polar surface area (TPSA) is 55.1 Å². The van der Waals surface area contributed by atoms with Gasteiger partial charge in [0.05, 0.1) is 6.20 Å². The quantitative estimate of drug-likeness (QED) is 0.878. The fraction of sp³-hybridized carbons (Fsp3) is 0.0769. The van der Waals surface area contributed by atoms with Crippen LogP contribution >= 0.6 is 0 Å². The van der Waals surface area contributed by atoms with Crippen LogP contribution < -0.4 is 5.32 Å². The molecule has 1 amide bonds. The first-order valence-corrected chi connectivity index (χ1v) is 5.20. The van der Waals surface area contributed by atoms with Crippen molar-refractivity contribution in [1.29, 1.82) is 0 Å². The Morgan fingerprint density at radius 1 is 1.29 bits per heavy atom. The van der Waals surface area contributed by atoms with Crippen LogP contribution in [-0.2, 0) is 4.79 Å². The van der Waals surface area contributed by atoms with E-state index in [2.05, 4.69) is 10.3 Å². The highest BCUT2D eigenvalue weighted by molar-refractivity contribution is 5.87. The fourth-order valence-electron chi connectivity index (χ4n) is 1.33. The molecule has 17 heavy (non-hydrogen) atoms. The van der Waals surface area contributed by atoms with Gasteiger partial charge >= 0.3 is 0 Å². The number of oxazole rings is 1. The van der Waals surface area contributed by atoms with Crippen molar-refractivity contribution >= 4 is 23.9 Å². The van der Waals surface area contributed by atoms with E-state index in [0.717, 1.165) is 5.56 Å². The third kappa shape index (κ3) is 3.31. The lowest BCUT2D eigenvalue weighted by Crippen LogP contribution is -2.04. The molecule has 0 aliphatic carbocycles. The van der Waals surface area contributed by atoms with Crippen molar-refractivity contribution in [3.63, 3.8) is 0 Å². The zero-order valence-electron chi connectivity index (χ0n) is 9.38. The predicted molar refractivity (Wildman–Crippen MR) is 66.2 cm³/mol. The van der Waals surface area contributed by atoms with Gasteiger partial charge in [0.15, 0.2) is 0 Å². The summed E-state index contributed by atoms with van der Waals surface area (Å²) in [4.78, 5) is 14.8. The third-order valence-corrected chi connectivity index (χ3v) is 2.04. The molecule has 0 radical (unpaired) electrons.